The third-order valence-electron chi connectivity index (χ3n) is 4.29. The van der Waals surface area contributed by atoms with E-state index in [-0.39, 0.29) is 35.2 Å². The van der Waals surface area contributed by atoms with Crippen molar-refractivity contribution in [2.75, 3.05) is 32.8 Å². The number of benzene rings is 1. The van der Waals surface area contributed by atoms with E-state index >= 15 is 0 Å². The summed E-state index contributed by atoms with van der Waals surface area (Å²) in [7, 11) is 0. The number of piperazine rings is 1. The molecule has 0 bridgehead atoms. The molecule has 2 rings (SSSR count). The lowest BCUT2D eigenvalue weighted by Gasteiger charge is -2.44. The van der Waals surface area contributed by atoms with Gasteiger partial charge in [-0.05, 0) is 11.6 Å². The number of rotatable bonds is 5. The topological polar surface area (TPSA) is 35.5 Å². The van der Waals surface area contributed by atoms with Crippen molar-refractivity contribution in [1.29, 1.82) is 0 Å². The molecule has 0 saturated carbocycles. The number of nitrogens with zero attached hydrogens (tertiary/aromatic N) is 1. The van der Waals surface area contributed by atoms with Crippen LogP contribution in [0.25, 0.3) is 0 Å². The third-order valence-corrected chi connectivity index (χ3v) is 5.50. The van der Waals surface area contributed by atoms with Crippen LogP contribution in [0.1, 0.15) is 46.2 Å². The van der Waals surface area contributed by atoms with Crippen molar-refractivity contribution in [2.45, 2.75) is 50.3 Å². The van der Waals surface area contributed by atoms with E-state index in [1.807, 2.05) is 11.8 Å². The fourth-order valence-corrected chi connectivity index (χ4v) is 4.37. The maximum Gasteiger partial charge on any atom is 0.0500 e. The molecule has 5 heteroatoms. The molecule has 1 fully saturated rings. The van der Waals surface area contributed by atoms with Crippen LogP contribution >= 0.6 is 24.2 Å². The molecular weight excluding hydrogens is 340 g/mol. The van der Waals surface area contributed by atoms with Crippen molar-refractivity contribution in [3.63, 3.8) is 0 Å². The number of halogens is 1. The van der Waals surface area contributed by atoms with E-state index in [0.29, 0.717) is 0 Å². The van der Waals surface area contributed by atoms with Gasteiger partial charge in [-0.2, -0.15) is 0 Å². The fraction of sp³-hybridized carbons (Fsp3) is 0.684. The van der Waals surface area contributed by atoms with Crippen molar-refractivity contribution in [3.8, 4) is 0 Å². The maximum atomic E-state index is 10.0. The van der Waals surface area contributed by atoms with E-state index in [0.717, 1.165) is 26.2 Å². The Labute approximate surface area is 158 Å². The Morgan fingerprint density at radius 3 is 2.25 bits per heavy atom. The third kappa shape index (κ3) is 5.63. The number of nitrogens with one attached hydrogen (secondary N) is 1. The molecule has 1 atom stereocenters. The second-order valence-electron chi connectivity index (χ2n) is 8.09. The first kappa shape index (κ1) is 21.8. The highest BCUT2D eigenvalue weighted by Gasteiger charge is 2.37. The number of thioether (sulfide) groups is 1. The van der Waals surface area contributed by atoms with E-state index in [2.05, 4.69) is 69.1 Å². The SMILES string of the molecule is CC(C)(C)Sc1ccccc1[C@@H](N1CCNCC1)C(C)(C)CO.Cl. The minimum absolute atomic E-state index is 0. The van der Waals surface area contributed by atoms with Crippen molar-refractivity contribution in [3.05, 3.63) is 29.8 Å². The quantitative estimate of drug-likeness (QED) is 0.767. The minimum atomic E-state index is -0.175. The molecule has 3 nitrogen and oxygen atoms in total. The van der Waals surface area contributed by atoms with Gasteiger partial charge in [0.1, 0.15) is 0 Å². The van der Waals surface area contributed by atoms with Crippen LogP contribution in [0.4, 0.5) is 0 Å². The summed E-state index contributed by atoms with van der Waals surface area (Å²) in [5, 5.41) is 13.5. The molecule has 24 heavy (non-hydrogen) atoms. The molecule has 0 spiro atoms. The summed E-state index contributed by atoms with van der Waals surface area (Å²) in [6.45, 7) is 15.4. The number of hydrogen-bond acceptors (Lipinski definition) is 4. The Balaban J connectivity index is 0.00000288. The van der Waals surface area contributed by atoms with Gasteiger partial charge in [-0.1, -0.05) is 52.8 Å². The second kappa shape index (κ2) is 8.91. The molecule has 138 valence electrons. The summed E-state index contributed by atoms with van der Waals surface area (Å²) in [6, 6.07) is 8.97. The van der Waals surface area contributed by atoms with Crippen LogP contribution in [0.5, 0.6) is 0 Å². The Morgan fingerprint density at radius 2 is 1.71 bits per heavy atom. The summed E-state index contributed by atoms with van der Waals surface area (Å²) in [6.07, 6.45) is 0. The molecule has 0 amide bonds. The van der Waals surface area contributed by atoms with Crippen molar-refractivity contribution in [2.24, 2.45) is 5.41 Å². The van der Waals surface area contributed by atoms with Crippen LogP contribution < -0.4 is 5.32 Å². The van der Waals surface area contributed by atoms with Crippen LogP contribution in [0.15, 0.2) is 29.2 Å². The highest BCUT2D eigenvalue weighted by atomic mass is 35.5. The minimum Gasteiger partial charge on any atom is -0.396 e. The van der Waals surface area contributed by atoms with Gasteiger partial charge in [0.15, 0.2) is 0 Å². The summed E-state index contributed by atoms with van der Waals surface area (Å²) in [5.74, 6) is 0. The molecule has 0 aliphatic carbocycles. The Bertz CT molecular complexity index is 510. The van der Waals surface area contributed by atoms with Gasteiger partial charge in [-0.15, -0.1) is 24.2 Å². The lowest BCUT2D eigenvalue weighted by Crippen LogP contribution is -2.49. The van der Waals surface area contributed by atoms with Gasteiger partial charge in [0, 0.05) is 53.9 Å². The fourth-order valence-electron chi connectivity index (χ4n) is 3.27. The second-order valence-corrected chi connectivity index (χ2v) is 9.96. The summed E-state index contributed by atoms with van der Waals surface area (Å²) in [5.41, 5.74) is 1.18. The van der Waals surface area contributed by atoms with Gasteiger partial charge in [0.25, 0.3) is 0 Å². The first-order chi connectivity index (χ1) is 10.7. The van der Waals surface area contributed by atoms with E-state index in [1.165, 1.54) is 10.5 Å². The summed E-state index contributed by atoms with van der Waals surface area (Å²) >= 11 is 1.92. The monoisotopic (exact) mass is 372 g/mol. The van der Waals surface area contributed by atoms with E-state index in [1.54, 1.807) is 0 Å². The molecule has 1 saturated heterocycles. The summed E-state index contributed by atoms with van der Waals surface area (Å²) in [4.78, 5) is 3.87. The van der Waals surface area contributed by atoms with Crippen LogP contribution in [-0.4, -0.2) is 47.5 Å². The van der Waals surface area contributed by atoms with Gasteiger partial charge >= 0.3 is 0 Å². The molecule has 1 aromatic rings. The van der Waals surface area contributed by atoms with Crippen LogP contribution in [0, 0.1) is 5.41 Å². The zero-order valence-electron chi connectivity index (χ0n) is 15.6. The number of aliphatic hydroxyl groups is 1. The Kier molecular flexibility index (Phi) is 8.08. The molecule has 1 aromatic carbocycles. The van der Waals surface area contributed by atoms with Crippen LogP contribution in [-0.2, 0) is 0 Å². The van der Waals surface area contributed by atoms with Gasteiger partial charge in [-0.25, -0.2) is 0 Å². The molecule has 1 heterocycles. The van der Waals surface area contributed by atoms with Gasteiger partial charge in [0.2, 0.25) is 0 Å². The molecule has 1 aliphatic heterocycles. The van der Waals surface area contributed by atoms with Gasteiger partial charge in [0.05, 0.1) is 0 Å². The van der Waals surface area contributed by atoms with Crippen LogP contribution in [0.2, 0.25) is 0 Å². The normalized spacial score (nSPS) is 18.1. The molecule has 1 aliphatic rings. The standard InChI is InChI=1S/C19H32N2OS.ClH/c1-18(2,3)23-16-9-7-6-8-15(16)17(19(4,5)14-22)21-12-10-20-11-13-21;/h6-9,17,20,22H,10-14H2,1-5H3;1H/t17-;/m1./s1. The Hall–Kier alpha value is -0.260. The zero-order chi connectivity index (χ0) is 17.1. The average molecular weight is 373 g/mol. The number of aliphatic hydroxyl groups excluding tert-OH is 1. The highest BCUT2D eigenvalue weighted by molar-refractivity contribution is 8.00. The Morgan fingerprint density at radius 1 is 1.12 bits per heavy atom. The maximum absolute atomic E-state index is 10.0. The molecule has 0 aromatic heterocycles. The largest absolute Gasteiger partial charge is 0.396 e. The van der Waals surface area contributed by atoms with Gasteiger partial charge in [-0.3, -0.25) is 4.90 Å². The van der Waals surface area contributed by atoms with E-state index in [9.17, 15) is 5.11 Å². The number of hydrogen-bond donors (Lipinski definition) is 2. The first-order valence-corrected chi connectivity index (χ1v) is 9.40. The van der Waals surface area contributed by atoms with Gasteiger partial charge < -0.3 is 10.4 Å². The van der Waals surface area contributed by atoms with Crippen molar-refractivity contribution in [1.82, 2.24) is 10.2 Å². The van der Waals surface area contributed by atoms with Crippen LogP contribution in [0.3, 0.4) is 0 Å². The predicted molar refractivity (Wildman–Crippen MR) is 107 cm³/mol. The molecular formula is C19H33ClN2OS. The lowest BCUT2D eigenvalue weighted by molar-refractivity contribution is 0.0291. The molecule has 0 unspecified atom stereocenters. The smallest absolute Gasteiger partial charge is 0.0500 e. The van der Waals surface area contributed by atoms with Crippen molar-refractivity contribution < 1.29 is 5.11 Å². The first-order valence-electron chi connectivity index (χ1n) is 8.58. The van der Waals surface area contributed by atoms with E-state index in [4.69, 9.17) is 0 Å². The lowest BCUT2D eigenvalue weighted by atomic mass is 9.79. The molecule has 2 N–H and O–H groups in total. The molecule has 0 radical (unpaired) electrons. The summed E-state index contributed by atoms with van der Waals surface area (Å²) < 4.78 is 0.174. The zero-order valence-corrected chi connectivity index (χ0v) is 17.3. The average Bonchev–Trinajstić information content (AvgIpc) is 2.49. The van der Waals surface area contributed by atoms with Crippen molar-refractivity contribution >= 4 is 24.2 Å². The van der Waals surface area contributed by atoms with E-state index < -0.39 is 0 Å². The highest BCUT2D eigenvalue weighted by Crippen LogP contribution is 2.44. The predicted octanol–water partition coefficient (Wildman–Crippen LogP) is 3.96.